The lowest BCUT2D eigenvalue weighted by atomic mass is 10.1. The molecule has 0 amide bonds. The van der Waals surface area contributed by atoms with Gasteiger partial charge in [-0.3, -0.25) is 9.41 Å². The quantitative estimate of drug-likeness (QED) is 0.356. The van der Waals surface area contributed by atoms with E-state index in [0.29, 0.717) is 11.7 Å². The minimum atomic E-state index is 0.553. The fourth-order valence-corrected chi connectivity index (χ4v) is 3.18. The van der Waals surface area contributed by atoms with Crippen LogP contribution in [0.1, 0.15) is 25.3 Å². The van der Waals surface area contributed by atoms with E-state index in [1.54, 1.807) is 6.92 Å². The molecule has 0 aliphatic carbocycles. The molecule has 0 aliphatic rings. The largest absolute Gasteiger partial charge is 0.339 e. The third-order valence-electron chi connectivity index (χ3n) is 4.78. The van der Waals surface area contributed by atoms with Crippen molar-refractivity contribution in [3.05, 3.63) is 66.4 Å². The van der Waals surface area contributed by atoms with Gasteiger partial charge in [0.15, 0.2) is 0 Å². The molecule has 0 radical (unpaired) electrons. The van der Waals surface area contributed by atoms with Gasteiger partial charge in [-0.15, -0.1) is 0 Å². The summed E-state index contributed by atoms with van der Waals surface area (Å²) in [6.45, 7) is 10.2. The second kappa shape index (κ2) is 7.71. The van der Waals surface area contributed by atoms with Crippen LogP contribution in [0.5, 0.6) is 0 Å². The van der Waals surface area contributed by atoms with E-state index in [1.165, 1.54) is 0 Å². The van der Waals surface area contributed by atoms with Crippen LogP contribution >= 0.6 is 0 Å². The van der Waals surface area contributed by atoms with Crippen molar-refractivity contribution in [2.75, 3.05) is 6.54 Å². The summed E-state index contributed by atoms with van der Waals surface area (Å²) < 4.78 is 7.13. The molecule has 0 fully saturated rings. The zero-order valence-corrected chi connectivity index (χ0v) is 16.7. The zero-order chi connectivity index (χ0) is 20.4. The number of aryl methyl sites for hydroxylation is 1. The second-order valence-electron chi connectivity index (χ2n) is 6.71. The average molecular weight is 386 g/mol. The van der Waals surface area contributed by atoms with E-state index in [9.17, 15) is 0 Å². The van der Waals surface area contributed by atoms with Crippen molar-refractivity contribution in [2.24, 2.45) is 5.10 Å². The highest BCUT2D eigenvalue weighted by atomic mass is 16.5. The Kier molecular flexibility index (Phi) is 4.95. The highest BCUT2D eigenvalue weighted by molar-refractivity contribution is 5.71. The van der Waals surface area contributed by atoms with Gasteiger partial charge in [-0.05, 0) is 37.1 Å². The standard InChI is InChI=1S/C22H22N6O/c1-5-27(23-4)14-15(2)19-10-11-28-20(13-24-21(28)12-19)17-6-8-18(9-7-17)22-25-16(3)29-26-22/h6-14H,4-5H2,1-3H3/b15-14+. The van der Waals surface area contributed by atoms with Gasteiger partial charge in [0.2, 0.25) is 11.7 Å². The van der Waals surface area contributed by atoms with E-state index in [0.717, 1.165) is 40.1 Å². The molecule has 0 atom stereocenters. The van der Waals surface area contributed by atoms with Gasteiger partial charge >= 0.3 is 0 Å². The monoisotopic (exact) mass is 386 g/mol. The lowest BCUT2D eigenvalue weighted by molar-refractivity contribution is 0.394. The number of hydrogen-bond donors (Lipinski definition) is 0. The molecule has 0 spiro atoms. The molecule has 0 aliphatic heterocycles. The van der Waals surface area contributed by atoms with Crippen LogP contribution in [0, 0.1) is 6.92 Å². The fraction of sp³-hybridized carbons (Fsp3) is 0.182. The Balaban J connectivity index is 1.65. The minimum absolute atomic E-state index is 0.553. The van der Waals surface area contributed by atoms with Gasteiger partial charge in [0, 0.05) is 43.7 Å². The zero-order valence-electron chi connectivity index (χ0n) is 16.7. The van der Waals surface area contributed by atoms with Gasteiger partial charge in [0.1, 0.15) is 5.65 Å². The second-order valence-corrected chi connectivity index (χ2v) is 6.71. The van der Waals surface area contributed by atoms with Gasteiger partial charge in [0.25, 0.3) is 0 Å². The van der Waals surface area contributed by atoms with Crippen molar-refractivity contribution in [1.29, 1.82) is 0 Å². The first kappa shape index (κ1) is 18.6. The summed E-state index contributed by atoms with van der Waals surface area (Å²) in [5, 5.41) is 9.75. The number of pyridine rings is 1. The summed E-state index contributed by atoms with van der Waals surface area (Å²) in [7, 11) is 0. The molecule has 29 heavy (non-hydrogen) atoms. The molecular formula is C22H22N6O. The van der Waals surface area contributed by atoms with Crippen molar-refractivity contribution in [2.45, 2.75) is 20.8 Å². The van der Waals surface area contributed by atoms with E-state index >= 15 is 0 Å². The first-order valence-corrected chi connectivity index (χ1v) is 9.39. The molecule has 0 bridgehead atoms. The van der Waals surface area contributed by atoms with Crippen molar-refractivity contribution in [3.8, 4) is 22.6 Å². The number of allylic oxidation sites excluding steroid dienone is 1. The van der Waals surface area contributed by atoms with Crippen LogP contribution in [-0.2, 0) is 0 Å². The van der Waals surface area contributed by atoms with Gasteiger partial charge in [-0.25, -0.2) is 4.98 Å². The van der Waals surface area contributed by atoms with Gasteiger partial charge < -0.3 is 4.52 Å². The predicted octanol–water partition coefficient (Wildman–Crippen LogP) is 4.66. The summed E-state index contributed by atoms with van der Waals surface area (Å²) >= 11 is 0. The van der Waals surface area contributed by atoms with Crippen LogP contribution in [-0.4, -0.2) is 37.8 Å². The number of hydrogen-bond acceptors (Lipinski definition) is 6. The van der Waals surface area contributed by atoms with E-state index in [4.69, 9.17) is 4.52 Å². The Bertz CT molecular complexity index is 1190. The van der Waals surface area contributed by atoms with Crippen LogP contribution in [0.25, 0.3) is 33.9 Å². The molecule has 0 saturated carbocycles. The maximum absolute atomic E-state index is 5.06. The normalized spacial score (nSPS) is 11.8. The molecule has 7 heteroatoms. The highest BCUT2D eigenvalue weighted by Crippen LogP contribution is 2.26. The molecular weight excluding hydrogens is 364 g/mol. The van der Waals surface area contributed by atoms with E-state index in [-0.39, 0.29) is 0 Å². The molecule has 0 N–H and O–H groups in total. The SMILES string of the molecule is C=NN(/C=C(\C)c1ccn2c(-c3ccc(-c4noc(C)n4)cc3)cnc2c1)CC. The third kappa shape index (κ3) is 3.67. The molecule has 3 heterocycles. The lowest BCUT2D eigenvalue weighted by Gasteiger charge is -2.12. The summed E-state index contributed by atoms with van der Waals surface area (Å²) in [6, 6.07) is 12.2. The number of rotatable bonds is 6. The highest BCUT2D eigenvalue weighted by Gasteiger charge is 2.10. The van der Waals surface area contributed by atoms with Crippen molar-refractivity contribution in [3.63, 3.8) is 0 Å². The number of imidazole rings is 1. The first-order valence-electron chi connectivity index (χ1n) is 9.39. The van der Waals surface area contributed by atoms with Crippen LogP contribution < -0.4 is 0 Å². The third-order valence-corrected chi connectivity index (χ3v) is 4.78. The number of aromatic nitrogens is 4. The topological polar surface area (TPSA) is 71.8 Å². The van der Waals surface area contributed by atoms with Crippen LogP contribution in [0.3, 0.4) is 0 Å². The number of fused-ring (bicyclic) bond motifs is 1. The summed E-state index contributed by atoms with van der Waals surface area (Å²) in [5.41, 5.74) is 6.09. The van der Waals surface area contributed by atoms with Crippen LogP contribution in [0.2, 0.25) is 0 Å². The fourth-order valence-electron chi connectivity index (χ4n) is 3.18. The first-order chi connectivity index (χ1) is 14.1. The Hall–Kier alpha value is -3.74. The summed E-state index contributed by atoms with van der Waals surface area (Å²) in [5.74, 6) is 1.14. The van der Waals surface area contributed by atoms with Crippen LogP contribution in [0.4, 0.5) is 0 Å². The summed E-state index contributed by atoms with van der Waals surface area (Å²) in [4.78, 5) is 8.86. The van der Waals surface area contributed by atoms with E-state index in [1.807, 2.05) is 54.8 Å². The predicted molar refractivity (Wildman–Crippen MR) is 114 cm³/mol. The molecule has 0 saturated heterocycles. The molecule has 4 rings (SSSR count). The molecule has 7 nitrogen and oxygen atoms in total. The van der Waals surface area contributed by atoms with E-state index in [2.05, 4.69) is 50.4 Å². The minimum Gasteiger partial charge on any atom is -0.339 e. The molecule has 3 aromatic heterocycles. The molecule has 0 unspecified atom stereocenters. The van der Waals surface area contributed by atoms with Crippen molar-refractivity contribution >= 4 is 17.9 Å². The molecule has 1 aromatic carbocycles. The maximum atomic E-state index is 5.06. The smallest absolute Gasteiger partial charge is 0.223 e. The van der Waals surface area contributed by atoms with Gasteiger partial charge in [-0.1, -0.05) is 29.4 Å². The number of hydrazone groups is 1. The van der Waals surface area contributed by atoms with Crippen LogP contribution in [0.15, 0.2) is 64.6 Å². The molecule has 146 valence electrons. The van der Waals surface area contributed by atoms with Crippen molar-refractivity contribution in [1.82, 2.24) is 24.5 Å². The Labute approximate surface area is 169 Å². The Morgan fingerprint density at radius 1 is 1.24 bits per heavy atom. The number of nitrogens with zero attached hydrogens (tertiary/aromatic N) is 6. The van der Waals surface area contributed by atoms with Gasteiger partial charge in [0.05, 0.1) is 11.9 Å². The Morgan fingerprint density at radius 2 is 2.00 bits per heavy atom. The van der Waals surface area contributed by atoms with E-state index < -0.39 is 0 Å². The maximum Gasteiger partial charge on any atom is 0.223 e. The number of benzene rings is 1. The van der Waals surface area contributed by atoms with Gasteiger partial charge in [-0.2, -0.15) is 10.1 Å². The lowest BCUT2D eigenvalue weighted by Crippen LogP contribution is -2.08. The van der Waals surface area contributed by atoms with Crippen molar-refractivity contribution < 1.29 is 4.52 Å². The molecule has 4 aromatic rings. The Morgan fingerprint density at radius 3 is 2.66 bits per heavy atom. The average Bonchev–Trinajstić information content (AvgIpc) is 3.37. The summed E-state index contributed by atoms with van der Waals surface area (Å²) in [6.07, 6.45) is 5.91.